The minimum atomic E-state index is -0.121. The molecule has 1 aliphatic carbocycles. The van der Waals surface area contributed by atoms with E-state index in [0.29, 0.717) is 58.7 Å². The van der Waals surface area contributed by atoms with Crippen LogP contribution in [-0.2, 0) is 100 Å². The molecule has 28 heteroatoms. The summed E-state index contributed by atoms with van der Waals surface area (Å²) in [5.74, 6) is 2.67. The molecule has 4 N–H and O–H groups in total. The molecule has 0 spiro atoms. The van der Waals surface area contributed by atoms with Crippen molar-refractivity contribution in [3.05, 3.63) is 156 Å². The third kappa shape index (κ3) is 15.9. The van der Waals surface area contributed by atoms with Gasteiger partial charge in [-0.2, -0.15) is 15.3 Å². The van der Waals surface area contributed by atoms with Crippen molar-refractivity contribution in [2.24, 2.45) is 26.6 Å². The predicted octanol–water partition coefficient (Wildman–Crippen LogP) is 8.31. The third-order valence-corrected chi connectivity index (χ3v) is 20.7. The summed E-state index contributed by atoms with van der Waals surface area (Å²) >= 11 is 10.00. The number of hydrogen-bond donors (Lipinski definition) is 3. The average molecular weight is 1500 g/mol. The minimum absolute atomic E-state index is 0.00174. The topological polar surface area (TPSA) is 245 Å². The van der Waals surface area contributed by atoms with Crippen LogP contribution >= 0.6 is 47.8 Å². The van der Waals surface area contributed by atoms with Crippen molar-refractivity contribution in [2.75, 3.05) is 108 Å². The molecule has 510 valence electrons. The van der Waals surface area contributed by atoms with Gasteiger partial charge in [-0.15, -0.1) is 0 Å². The first-order chi connectivity index (χ1) is 45.4. The summed E-state index contributed by atoms with van der Waals surface area (Å²) in [6.07, 6.45) is 4.47. The van der Waals surface area contributed by atoms with E-state index >= 15 is 0 Å². The quantitative estimate of drug-likeness (QED) is 0.0823. The second-order valence-corrected chi connectivity index (χ2v) is 28.1. The predicted molar refractivity (Wildman–Crippen MR) is 381 cm³/mol. The molecule has 0 saturated heterocycles. The third-order valence-electron chi connectivity index (χ3n) is 18.5. The minimum Gasteiger partial charge on any atom is -0.383 e. The number of nitrogens with one attached hydrogen (secondary N) is 2. The van der Waals surface area contributed by atoms with Crippen LogP contribution in [0.3, 0.4) is 0 Å². The van der Waals surface area contributed by atoms with E-state index in [9.17, 15) is 19.2 Å². The highest BCUT2D eigenvalue weighted by molar-refractivity contribution is 9.11. The molecular formula is C67H89Br3N18O7. The fourth-order valence-corrected chi connectivity index (χ4v) is 14.6. The maximum absolute atomic E-state index is 14.0. The molecule has 0 aromatic carbocycles. The van der Waals surface area contributed by atoms with E-state index in [4.69, 9.17) is 30.0 Å². The normalized spacial score (nSPS) is 15.7. The molecule has 0 bridgehead atoms. The number of pyridine rings is 4. The summed E-state index contributed by atoms with van der Waals surface area (Å²) in [4.78, 5) is 64.7. The molecule has 13 rings (SSSR count). The van der Waals surface area contributed by atoms with E-state index in [0.717, 1.165) is 171 Å². The molecular weight excluding hydrogens is 1410 g/mol. The Balaban J connectivity index is 0.000000165. The number of hydrogen-bond acceptors (Lipinski definition) is 17. The van der Waals surface area contributed by atoms with Crippen LogP contribution < -0.4 is 37.9 Å². The number of carbonyl (C=O) groups is 1. The zero-order chi connectivity index (χ0) is 68.2. The summed E-state index contributed by atoms with van der Waals surface area (Å²) in [5, 5.41) is 20.0. The standard InChI is InChI=1S/C35H44N8O3.C16H22BrN5O2.C9H16N4O.C7H7Br2NO/c1-7-25-26(8-9-36-32(25)42-12-11-41-29(34(42)45)16-23-19-35(3,4)20-30(23)41)27-18-28(33(44)39(5)22(27)2)37-31-17-24-21-40(14-15-46-6)10-13-43(24)38-31;1-11-13(17)9-14(16(23)20(11)2)18-15-8-12-10-21(6-7-24-3)4-5-22(12)19-15;1-14-5-4-12-2-3-13-8(7-12)6-9(10)11-13;1-4-5(8)3-6(9)7(11)10(4)2/h8-9,16-18H,7,10-15,19-21H2,1-6H3,(H,37,38);8-9H,4-7,10H2,1-3H3,(H,18,19);6H,2-5,7H2,1H3,(H2,10,11);3H,1-2H3. The van der Waals surface area contributed by atoms with Crippen molar-refractivity contribution in [1.82, 2.24) is 67.3 Å². The highest BCUT2D eigenvalue weighted by Gasteiger charge is 2.38. The van der Waals surface area contributed by atoms with Gasteiger partial charge in [0.1, 0.15) is 28.7 Å². The monoisotopic (exact) mass is 1490 g/mol. The second-order valence-electron chi connectivity index (χ2n) is 25.5. The Morgan fingerprint density at radius 2 is 1.06 bits per heavy atom. The maximum atomic E-state index is 14.0. The van der Waals surface area contributed by atoms with E-state index in [1.165, 1.54) is 17.0 Å². The zero-order valence-corrected chi connectivity index (χ0v) is 61.4. The molecule has 95 heavy (non-hydrogen) atoms. The number of nitrogens with zero attached hydrogens (tertiary/aromatic N) is 15. The lowest BCUT2D eigenvalue weighted by Crippen LogP contribution is -2.41. The van der Waals surface area contributed by atoms with Gasteiger partial charge in [0, 0.05) is 182 Å². The van der Waals surface area contributed by atoms with Crippen LogP contribution in [0.15, 0.2) is 82.5 Å². The van der Waals surface area contributed by atoms with Crippen LogP contribution in [0.25, 0.3) is 11.1 Å². The van der Waals surface area contributed by atoms with Gasteiger partial charge in [-0.3, -0.25) is 52.8 Å². The Bertz CT molecular complexity index is 4290. The molecule has 0 atom stereocenters. The van der Waals surface area contributed by atoms with Gasteiger partial charge in [-0.1, -0.05) is 20.8 Å². The molecule has 0 fully saturated rings. The Morgan fingerprint density at radius 3 is 1.60 bits per heavy atom. The highest BCUT2D eigenvalue weighted by Crippen LogP contribution is 2.41. The number of amides is 1. The molecule has 4 aliphatic heterocycles. The number of fused-ring (bicyclic) bond motifs is 6. The highest BCUT2D eigenvalue weighted by atomic mass is 79.9. The fraction of sp³-hybridized carbons (Fsp3) is 0.493. The average Bonchev–Trinajstić information content (AvgIpc) is 1.64. The van der Waals surface area contributed by atoms with Crippen molar-refractivity contribution < 1.29 is 19.0 Å². The Morgan fingerprint density at radius 1 is 0.568 bits per heavy atom. The molecule has 1 amide bonds. The largest absolute Gasteiger partial charge is 0.383 e. The molecule has 8 aromatic heterocycles. The maximum Gasteiger partial charge on any atom is 0.276 e. The van der Waals surface area contributed by atoms with E-state index in [-0.39, 0.29) is 28.0 Å². The Kier molecular flexibility index (Phi) is 22.8. The fourth-order valence-electron chi connectivity index (χ4n) is 12.9. The first-order valence-electron chi connectivity index (χ1n) is 32.1. The number of ether oxygens (including phenoxy) is 3. The van der Waals surface area contributed by atoms with E-state index in [1.807, 2.05) is 70.0 Å². The van der Waals surface area contributed by atoms with E-state index in [2.05, 4.69) is 115 Å². The molecule has 25 nitrogen and oxygen atoms in total. The van der Waals surface area contributed by atoms with E-state index in [1.54, 1.807) is 74.5 Å². The van der Waals surface area contributed by atoms with Gasteiger partial charge in [0.25, 0.3) is 22.6 Å². The first-order valence-corrected chi connectivity index (χ1v) is 34.5. The lowest BCUT2D eigenvalue weighted by Gasteiger charge is -2.31. The van der Waals surface area contributed by atoms with Crippen LogP contribution in [0.1, 0.15) is 82.2 Å². The van der Waals surface area contributed by atoms with Gasteiger partial charge in [0.2, 0.25) is 0 Å². The van der Waals surface area contributed by atoms with Crippen molar-refractivity contribution in [3.63, 3.8) is 0 Å². The molecule has 0 radical (unpaired) electrons. The number of rotatable bonds is 16. The number of anilines is 6. The van der Waals surface area contributed by atoms with Gasteiger partial charge >= 0.3 is 0 Å². The number of aromatic nitrogens is 11. The Labute approximate surface area is 579 Å². The van der Waals surface area contributed by atoms with Crippen molar-refractivity contribution in [1.29, 1.82) is 0 Å². The molecule has 0 saturated carbocycles. The SMILES string of the molecule is CCc1c(-c2cc(Nc3cc4n(n3)CCN(CCOC)C4)c(=O)n(C)c2C)ccnc1N1CCn2c(cc3c2CC(C)(C)C3)C1=O.COCCN1CCn2nc(N)cc2C1.COCCN1CCn2nc(Nc3cc(Br)c(C)n(C)c3=O)cc2C1.Cc1c(Br)cc(Br)c(=O)n1C. The Hall–Kier alpha value is -7.02. The molecule has 12 heterocycles. The molecule has 0 unspecified atom stereocenters. The van der Waals surface area contributed by atoms with Gasteiger partial charge in [0.15, 0.2) is 11.6 Å². The van der Waals surface area contributed by atoms with Gasteiger partial charge < -0.3 is 48.8 Å². The summed E-state index contributed by atoms with van der Waals surface area (Å²) in [6, 6.07) is 15.6. The lowest BCUT2D eigenvalue weighted by atomic mass is 9.90. The van der Waals surface area contributed by atoms with Crippen LogP contribution in [0.5, 0.6) is 0 Å². The summed E-state index contributed by atoms with van der Waals surface area (Å²) in [7, 11) is 10.5. The number of nitrogen functional groups attached to an aromatic ring is 1. The van der Waals surface area contributed by atoms with Gasteiger partial charge in [-0.05, 0) is 135 Å². The van der Waals surface area contributed by atoms with E-state index < -0.39 is 0 Å². The first kappa shape index (κ1) is 70.8. The smallest absolute Gasteiger partial charge is 0.276 e. The molecule has 8 aromatic rings. The van der Waals surface area contributed by atoms with Gasteiger partial charge in [-0.25, -0.2) is 4.98 Å². The number of nitrogens with two attached hydrogens (primary N) is 1. The summed E-state index contributed by atoms with van der Waals surface area (Å²) in [6.45, 7) is 26.7. The number of methoxy groups -OCH3 is 3. The second kappa shape index (κ2) is 30.6. The molecule has 5 aliphatic rings. The number of carbonyl (C=O) groups excluding carboxylic acids is 1. The van der Waals surface area contributed by atoms with Crippen molar-refractivity contribution in [3.8, 4) is 11.1 Å². The summed E-state index contributed by atoms with van der Waals surface area (Å²) < 4.78 is 31.0. The number of halogens is 3. The summed E-state index contributed by atoms with van der Waals surface area (Å²) in [5.41, 5.74) is 19.0. The zero-order valence-electron chi connectivity index (χ0n) is 56.6. The van der Waals surface area contributed by atoms with Crippen molar-refractivity contribution >= 4 is 88.3 Å². The van der Waals surface area contributed by atoms with Crippen LogP contribution in [0, 0.1) is 26.2 Å². The van der Waals surface area contributed by atoms with Crippen molar-refractivity contribution in [2.45, 2.75) is 107 Å². The van der Waals surface area contributed by atoms with Gasteiger partial charge in [0.05, 0.1) is 61.0 Å². The lowest BCUT2D eigenvalue weighted by molar-refractivity contribution is 0.0963. The van der Waals surface area contributed by atoms with Crippen LogP contribution in [-0.4, -0.2) is 160 Å². The van der Waals surface area contributed by atoms with Crippen LogP contribution in [0.2, 0.25) is 0 Å². The van der Waals surface area contributed by atoms with Crippen LogP contribution in [0.4, 0.5) is 34.6 Å².